The van der Waals surface area contributed by atoms with Gasteiger partial charge in [-0.25, -0.2) is 14.6 Å². The molecule has 24 heavy (non-hydrogen) atoms. The van der Waals surface area contributed by atoms with Gasteiger partial charge < -0.3 is 15.1 Å². The van der Waals surface area contributed by atoms with Gasteiger partial charge in [0.25, 0.3) is 0 Å². The highest BCUT2D eigenvalue weighted by Gasteiger charge is 2.11. The normalized spacial score (nSPS) is 12.2. The molecule has 0 fully saturated rings. The summed E-state index contributed by atoms with van der Waals surface area (Å²) in [6.45, 7) is 3.20. The van der Waals surface area contributed by atoms with E-state index in [4.69, 9.17) is 4.42 Å². The number of para-hydroxylation sites is 2. The molecule has 0 bridgehead atoms. The first kappa shape index (κ1) is 16.3. The Labute approximate surface area is 142 Å². The van der Waals surface area contributed by atoms with Crippen LogP contribution in [0.4, 0.5) is 4.79 Å². The Morgan fingerprint density at radius 3 is 3.00 bits per heavy atom. The third-order valence-electron chi connectivity index (χ3n) is 3.64. The van der Waals surface area contributed by atoms with Gasteiger partial charge in [0, 0.05) is 37.1 Å². The van der Waals surface area contributed by atoms with Crippen molar-refractivity contribution in [2.45, 2.75) is 19.4 Å². The number of thiazole rings is 1. The molecule has 8 heteroatoms. The van der Waals surface area contributed by atoms with E-state index in [1.807, 2.05) is 30.5 Å². The van der Waals surface area contributed by atoms with Crippen LogP contribution in [0, 0.1) is 0 Å². The Bertz CT molecular complexity index is 869. The van der Waals surface area contributed by atoms with E-state index in [9.17, 15) is 9.59 Å². The molecule has 0 aliphatic heterocycles. The quantitative estimate of drug-likeness (QED) is 0.716. The smallest absolute Gasteiger partial charge is 0.408 e. The molecule has 0 unspecified atom stereocenters. The summed E-state index contributed by atoms with van der Waals surface area (Å²) in [5.74, 6) is -0.257. The standard InChI is InChI=1S/C16H18N4O3S/c1-11(14-17-7-9-24-14)10-19-15(21)18-6-8-20-12-4-2-3-5-13(12)23-16(20)22/h2-5,7,9,11H,6,8,10H2,1H3,(H2,18,19,21)/t11-/m0/s1. The van der Waals surface area contributed by atoms with E-state index in [1.54, 1.807) is 23.6 Å². The van der Waals surface area contributed by atoms with Gasteiger partial charge in [0.2, 0.25) is 0 Å². The van der Waals surface area contributed by atoms with Gasteiger partial charge in [-0.1, -0.05) is 19.1 Å². The third kappa shape index (κ3) is 3.65. The number of carbonyl (C=O) groups excluding carboxylic acids is 1. The van der Waals surface area contributed by atoms with Crippen LogP contribution in [0.3, 0.4) is 0 Å². The average molecular weight is 346 g/mol. The number of oxazole rings is 1. The number of benzene rings is 1. The first-order chi connectivity index (χ1) is 11.6. The minimum absolute atomic E-state index is 0.163. The van der Waals surface area contributed by atoms with Crippen LogP contribution in [0.25, 0.3) is 11.1 Å². The van der Waals surface area contributed by atoms with Crippen LogP contribution in [-0.4, -0.2) is 28.7 Å². The van der Waals surface area contributed by atoms with Crippen LogP contribution in [0.2, 0.25) is 0 Å². The lowest BCUT2D eigenvalue weighted by Gasteiger charge is -2.11. The number of urea groups is 1. The molecule has 0 saturated carbocycles. The molecule has 0 aliphatic carbocycles. The SMILES string of the molecule is C[C@@H](CNC(=O)NCCn1c(=O)oc2ccccc21)c1nccs1. The fourth-order valence-corrected chi connectivity index (χ4v) is 3.08. The summed E-state index contributed by atoms with van der Waals surface area (Å²) in [6.07, 6.45) is 1.75. The second-order valence-electron chi connectivity index (χ2n) is 5.40. The average Bonchev–Trinajstić information content (AvgIpc) is 3.21. The van der Waals surface area contributed by atoms with Crippen LogP contribution < -0.4 is 16.4 Å². The van der Waals surface area contributed by atoms with E-state index < -0.39 is 5.76 Å². The monoisotopic (exact) mass is 346 g/mol. The molecular weight excluding hydrogens is 328 g/mol. The lowest BCUT2D eigenvalue weighted by atomic mass is 10.2. The number of nitrogens with one attached hydrogen (secondary N) is 2. The summed E-state index contributed by atoms with van der Waals surface area (Å²) >= 11 is 1.57. The van der Waals surface area contributed by atoms with Crippen molar-refractivity contribution in [3.63, 3.8) is 0 Å². The zero-order valence-electron chi connectivity index (χ0n) is 13.2. The van der Waals surface area contributed by atoms with E-state index in [0.717, 1.165) is 10.5 Å². The Balaban J connectivity index is 1.48. The molecule has 1 aromatic carbocycles. The van der Waals surface area contributed by atoms with Crippen LogP contribution in [0.15, 0.2) is 45.1 Å². The van der Waals surface area contributed by atoms with E-state index >= 15 is 0 Å². The molecule has 2 heterocycles. The molecule has 2 amide bonds. The van der Waals surface area contributed by atoms with Gasteiger partial charge in [0.1, 0.15) is 0 Å². The molecule has 0 aliphatic rings. The van der Waals surface area contributed by atoms with Crippen molar-refractivity contribution in [1.82, 2.24) is 20.2 Å². The minimum atomic E-state index is -0.421. The number of fused-ring (bicyclic) bond motifs is 1. The fourth-order valence-electron chi connectivity index (χ4n) is 2.38. The Morgan fingerprint density at radius 2 is 2.21 bits per heavy atom. The van der Waals surface area contributed by atoms with Gasteiger partial charge in [-0.2, -0.15) is 0 Å². The molecule has 0 saturated heterocycles. The maximum Gasteiger partial charge on any atom is 0.420 e. The zero-order chi connectivity index (χ0) is 16.9. The maximum atomic E-state index is 11.8. The zero-order valence-corrected chi connectivity index (χ0v) is 14.0. The summed E-state index contributed by atoms with van der Waals surface area (Å²) in [7, 11) is 0. The molecule has 2 aromatic heterocycles. The van der Waals surface area contributed by atoms with Crippen LogP contribution >= 0.6 is 11.3 Å². The van der Waals surface area contributed by atoms with Gasteiger partial charge in [0.05, 0.1) is 10.5 Å². The first-order valence-corrected chi connectivity index (χ1v) is 8.52. The van der Waals surface area contributed by atoms with Gasteiger partial charge in [0.15, 0.2) is 5.58 Å². The van der Waals surface area contributed by atoms with Crippen LogP contribution in [0.5, 0.6) is 0 Å². The second kappa shape index (κ2) is 7.31. The number of amides is 2. The van der Waals surface area contributed by atoms with E-state index in [-0.39, 0.29) is 11.9 Å². The van der Waals surface area contributed by atoms with Gasteiger partial charge in [-0.3, -0.25) is 4.57 Å². The Kier molecular flexibility index (Phi) is 4.95. The number of hydrogen-bond acceptors (Lipinski definition) is 5. The molecule has 7 nitrogen and oxygen atoms in total. The second-order valence-corrected chi connectivity index (χ2v) is 6.32. The predicted molar refractivity (Wildman–Crippen MR) is 92.4 cm³/mol. The number of hydrogen-bond donors (Lipinski definition) is 2. The highest BCUT2D eigenvalue weighted by Crippen LogP contribution is 2.16. The first-order valence-electron chi connectivity index (χ1n) is 7.64. The van der Waals surface area contributed by atoms with Crippen molar-refractivity contribution in [3.05, 3.63) is 51.4 Å². The Hall–Kier alpha value is -2.61. The van der Waals surface area contributed by atoms with Crippen LogP contribution in [-0.2, 0) is 6.54 Å². The van der Waals surface area contributed by atoms with Crippen molar-refractivity contribution < 1.29 is 9.21 Å². The van der Waals surface area contributed by atoms with Crippen LogP contribution in [0.1, 0.15) is 17.8 Å². The number of rotatable bonds is 6. The highest BCUT2D eigenvalue weighted by atomic mass is 32.1. The largest absolute Gasteiger partial charge is 0.420 e. The van der Waals surface area contributed by atoms with Crippen molar-refractivity contribution in [3.8, 4) is 0 Å². The van der Waals surface area contributed by atoms with Gasteiger partial charge in [-0.15, -0.1) is 11.3 Å². The molecule has 3 aromatic rings. The van der Waals surface area contributed by atoms with Crippen molar-refractivity contribution in [1.29, 1.82) is 0 Å². The highest BCUT2D eigenvalue weighted by molar-refractivity contribution is 7.09. The van der Waals surface area contributed by atoms with Gasteiger partial charge in [-0.05, 0) is 12.1 Å². The summed E-state index contributed by atoms with van der Waals surface area (Å²) in [6, 6.07) is 6.95. The minimum Gasteiger partial charge on any atom is -0.408 e. The molecular formula is C16H18N4O3S. The predicted octanol–water partition coefficient (Wildman–Crippen LogP) is 2.15. The number of nitrogens with zero attached hydrogens (tertiary/aromatic N) is 2. The lowest BCUT2D eigenvalue weighted by molar-refractivity contribution is 0.240. The molecule has 2 N–H and O–H groups in total. The molecule has 3 rings (SSSR count). The van der Waals surface area contributed by atoms with E-state index in [2.05, 4.69) is 15.6 Å². The van der Waals surface area contributed by atoms with E-state index in [0.29, 0.717) is 25.2 Å². The van der Waals surface area contributed by atoms with Crippen molar-refractivity contribution >= 4 is 28.5 Å². The maximum absolute atomic E-state index is 11.8. The van der Waals surface area contributed by atoms with Crippen molar-refractivity contribution in [2.75, 3.05) is 13.1 Å². The van der Waals surface area contributed by atoms with Gasteiger partial charge >= 0.3 is 11.8 Å². The molecule has 0 radical (unpaired) electrons. The number of carbonyl (C=O) groups is 1. The summed E-state index contributed by atoms with van der Waals surface area (Å²) in [5.41, 5.74) is 1.27. The fraction of sp³-hybridized carbons (Fsp3) is 0.312. The Morgan fingerprint density at radius 1 is 1.38 bits per heavy atom. The molecule has 126 valence electrons. The molecule has 1 atom stereocenters. The summed E-state index contributed by atoms with van der Waals surface area (Å²) in [5, 5.41) is 8.46. The summed E-state index contributed by atoms with van der Waals surface area (Å²) in [4.78, 5) is 27.9. The van der Waals surface area contributed by atoms with E-state index in [1.165, 1.54) is 4.57 Å². The summed E-state index contributed by atoms with van der Waals surface area (Å²) < 4.78 is 6.66. The lowest BCUT2D eigenvalue weighted by Crippen LogP contribution is -2.39. The number of aromatic nitrogens is 2. The molecule has 0 spiro atoms. The topological polar surface area (TPSA) is 89.2 Å². The third-order valence-corrected chi connectivity index (χ3v) is 4.64. The van der Waals surface area contributed by atoms with Crippen molar-refractivity contribution in [2.24, 2.45) is 0 Å².